The second-order valence-electron chi connectivity index (χ2n) is 4.48. The van der Waals surface area contributed by atoms with Gasteiger partial charge in [-0.3, -0.25) is 19.7 Å². The molecule has 0 aliphatic carbocycles. The Morgan fingerprint density at radius 3 is 2.52 bits per heavy atom. The van der Waals surface area contributed by atoms with E-state index in [9.17, 15) is 28.1 Å². The van der Waals surface area contributed by atoms with Crippen LogP contribution in [-0.2, 0) is 25.8 Å². The van der Waals surface area contributed by atoms with E-state index in [1.165, 1.54) is 6.92 Å². The largest absolute Gasteiger partial charge is 0.466 e. The van der Waals surface area contributed by atoms with Crippen molar-refractivity contribution in [1.82, 2.24) is 4.98 Å². The highest BCUT2D eigenvalue weighted by atomic mass is 35.5. The summed E-state index contributed by atoms with van der Waals surface area (Å²) in [6.07, 6.45) is -0.520. The van der Waals surface area contributed by atoms with E-state index < -0.39 is 49.0 Å². The Hall–Kier alpha value is -1.94. The molecule has 0 aliphatic heterocycles. The van der Waals surface area contributed by atoms with Crippen LogP contribution in [0.1, 0.15) is 18.2 Å². The lowest BCUT2D eigenvalue weighted by molar-refractivity contribution is -0.389. The lowest BCUT2D eigenvalue weighted by Crippen LogP contribution is -2.24. The van der Waals surface area contributed by atoms with Crippen molar-refractivity contribution in [3.05, 3.63) is 31.7 Å². The molecule has 1 aromatic rings. The number of aromatic nitrogens is 1. The number of sulfone groups is 1. The quantitative estimate of drug-likeness (QED) is 0.324. The van der Waals surface area contributed by atoms with Gasteiger partial charge in [0.25, 0.3) is 0 Å². The third-order valence-electron chi connectivity index (χ3n) is 2.92. The first kappa shape index (κ1) is 19.1. The molecule has 128 valence electrons. The van der Waals surface area contributed by atoms with Gasteiger partial charge in [0.15, 0.2) is 14.7 Å². The van der Waals surface area contributed by atoms with E-state index >= 15 is 0 Å². The second kappa shape index (κ2) is 7.55. The second-order valence-corrected chi connectivity index (χ2v) is 6.91. The molecule has 9 nitrogen and oxygen atoms in total. The monoisotopic (exact) mass is 366 g/mol. The van der Waals surface area contributed by atoms with Crippen molar-refractivity contribution in [3.8, 4) is 0 Å². The predicted molar refractivity (Wildman–Crippen MR) is 81.6 cm³/mol. The smallest absolute Gasteiger partial charge is 0.352 e. The van der Waals surface area contributed by atoms with Crippen LogP contribution in [0.3, 0.4) is 0 Å². The van der Waals surface area contributed by atoms with Gasteiger partial charge in [-0.1, -0.05) is 0 Å². The highest BCUT2D eigenvalue weighted by Gasteiger charge is 2.34. The number of carbonyl (C=O) groups is 1. The number of esters is 1. The highest BCUT2D eigenvalue weighted by molar-refractivity contribution is 7.91. The van der Waals surface area contributed by atoms with E-state index in [2.05, 4.69) is 4.98 Å². The van der Waals surface area contributed by atoms with Crippen LogP contribution >= 0.6 is 11.6 Å². The number of aromatic amines is 1. The van der Waals surface area contributed by atoms with Crippen LogP contribution in [0.15, 0.2) is 9.69 Å². The first-order valence-corrected chi connectivity index (χ1v) is 8.68. The number of ether oxygens (including phenoxy) is 1. The molecule has 0 aromatic carbocycles. The molecule has 0 aliphatic rings. The van der Waals surface area contributed by atoms with E-state index in [0.717, 1.165) is 0 Å². The third-order valence-corrected chi connectivity index (χ3v) is 5.14. The maximum absolute atomic E-state index is 12.3. The molecule has 1 rings (SSSR count). The van der Waals surface area contributed by atoms with E-state index in [0.29, 0.717) is 0 Å². The van der Waals surface area contributed by atoms with E-state index in [1.807, 2.05) is 0 Å². The molecular formula is C12H15ClN2O7S. The van der Waals surface area contributed by atoms with Crippen molar-refractivity contribution in [2.24, 2.45) is 0 Å². The Morgan fingerprint density at radius 2 is 2.04 bits per heavy atom. The molecule has 1 heterocycles. The maximum Gasteiger partial charge on any atom is 0.352 e. The Bertz CT molecular complexity index is 785. The summed E-state index contributed by atoms with van der Waals surface area (Å²) in [7, 11) is -4.22. The molecule has 0 saturated carbocycles. The number of pyridine rings is 1. The van der Waals surface area contributed by atoms with Crippen molar-refractivity contribution < 1.29 is 22.9 Å². The zero-order valence-corrected chi connectivity index (χ0v) is 14.0. The van der Waals surface area contributed by atoms with Crippen LogP contribution in [-0.4, -0.2) is 42.5 Å². The normalized spacial score (nSPS) is 11.3. The lowest BCUT2D eigenvalue weighted by atomic mass is 10.1. The molecule has 0 saturated heterocycles. The van der Waals surface area contributed by atoms with Gasteiger partial charge < -0.3 is 9.72 Å². The summed E-state index contributed by atoms with van der Waals surface area (Å²) in [5.74, 6) is -1.68. The summed E-state index contributed by atoms with van der Waals surface area (Å²) in [4.78, 5) is 34.9. The number of nitrogens with one attached hydrogen (secondary N) is 1. The molecule has 0 spiro atoms. The minimum Gasteiger partial charge on any atom is -0.466 e. The van der Waals surface area contributed by atoms with Crippen molar-refractivity contribution in [1.29, 1.82) is 0 Å². The van der Waals surface area contributed by atoms with Gasteiger partial charge in [-0.05, 0) is 13.8 Å². The summed E-state index contributed by atoms with van der Waals surface area (Å²) in [5.41, 5.74) is -2.41. The molecule has 0 unspecified atom stereocenters. The summed E-state index contributed by atoms with van der Waals surface area (Å²) in [6, 6.07) is 0. The minimum absolute atomic E-state index is 0.0433. The number of carbonyl (C=O) groups excluding carboxylic acids is 1. The molecule has 1 aromatic heterocycles. The average molecular weight is 367 g/mol. The molecule has 0 fully saturated rings. The van der Waals surface area contributed by atoms with Crippen molar-refractivity contribution in [2.45, 2.75) is 25.2 Å². The topological polar surface area (TPSA) is 136 Å². The predicted octanol–water partition coefficient (Wildman–Crippen LogP) is 0.710. The van der Waals surface area contributed by atoms with E-state index in [4.69, 9.17) is 16.3 Å². The van der Waals surface area contributed by atoms with Gasteiger partial charge in [-0.2, -0.15) is 0 Å². The Balaban J connectivity index is 3.74. The van der Waals surface area contributed by atoms with Crippen LogP contribution in [0.25, 0.3) is 0 Å². The fourth-order valence-electron chi connectivity index (χ4n) is 1.99. The fraction of sp³-hybridized carbons (Fsp3) is 0.500. The number of rotatable bonds is 7. The number of aryl methyl sites for hydroxylation is 1. The van der Waals surface area contributed by atoms with E-state index in [-0.39, 0.29) is 23.7 Å². The van der Waals surface area contributed by atoms with Crippen LogP contribution in [0.4, 0.5) is 5.69 Å². The fourth-order valence-corrected chi connectivity index (χ4v) is 4.07. The lowest BCUT2D eigenvalue weighted by Gasteiger charge is -2.12. The van der Waals surface area contributed by atoms with Gasteiger partial charge in [0, 0.05) is 17.1 Å². The van der Waals surface area contributed by atoms with Gasteiger partial charge in [-0.25, -0.2) is 8.42 Å². The number of hydrogen-bond donors (Lipinski definition) is 1. The first-order chi connectivity index (χ1) is 10.7. The zero-order valence-electron chi connectivity index (χ0n) is 12.4. The standard InChI is InChI=1S/C12H15ClN2O7S/c1-3-22-9(16)6-8-7(2)14-12(17)10(15(18)19)11(8)23(20,21)5-4-13/h3-6H2,1-2H3,(H,14,17). The third kappa shape index (κ3) is 4.29. The van der Waals surface area contributed by atoms with Crippen LogP contribution in [0, 0.1) is 17.0 Å². The van der Waals surface area contributed by atoms with Gasteiger partial charge in [-0.15, -0.1) is 11.6 Å². The van der Waals surface area contributed by atoms with Crippen LogP contribution < -0.4 is 5.56 Å². The molecule has 0 radical (unpaired) electrons. The zero-order chi connectivity index (χ0) is 17.8. The minimum atomic E-state index is -4.22. The SMILES string of the molecule is CCOC(=O)Cc1c(C)[nH]c(=O)c([N+](=O)[O-])c1S(=O)(=O)CCCl. The van der Waals surface area contributed by atoms with Crippen LogP contribution in [0.2, 0.25) is 0 Å². The van der Waals surface area contributed by atoms with Gasteiger partial charge in [0.05, 0.1) is 23.7 Å². The summed E-state index contributed by atoms with van der Waals surface area (Å²) < 4.78 is 29.4. The summed E-state index contributed by atoms with van der Waals surface area (Å²) in [6.45, 7) is 2.97. The van der Waals surface area contributed by atoms with E-state index in [1.54, 1.807) is 6.92 Å². The summed E-state index contributed by atoms with van der Waals surface area (Å²) in [5, 5.41) is 11.1. The number of alkyl halides is 1. The Morgan fingerprint density at radius 1 is 1.43 bits per heavy atom. The average Bonchev–Trinajstić information content (AvgIpc) is 2.40. The number of H-pyrrole nitrogens is 1. The Labute approximate surface area is 136 Å². The Kier molecular flexibility index (Phi) is 6.28. The number of nitro groups is 1. The molecule has 1 N–H and O–H groups in total. The van der Waals surface area contributed by atoms with Crippen molar-refractivity contribution >= 4 is 33.1 Å². The number of halogens is 1. The highest BCUT2D eigenvalue weighted by Crippen LogP contribution is 2.27. The molecule has 11 heteroatoms. The van der Waals surface area contributed by atoms with Crippen molar-refractivity contribution in [2.75, 3.05) is 18.2 Å². The van der Waals surface area contributed by atoms with Crippen molar-refractivity contribution in [3.63, 3.8) is 0 Å². The first-order valence-electron chi connectivity index (χ1n) is 6.50. The molecule has 23 heavy (non-hydrogen) atoms. The van der Waals surface area contributed by atoms with Gasteiger partial charge in [0.2, 0.25) is 0 Å². The molecule has 0 amide bonds. The maximum atomic E-state index is 12.3. The molecular weight excluding hydrogens is 352 g/mol. The van der Waals surface area contributed by atoms with Gasteiger partial charge >= 0.3 is 17.2 Å². The molecule has 0 atom stereocenters. The van der Waals surface area contributed by atoms with Gasteiger partial charge in [0.1, 0.15) is 0 Å². The number of hydrogen-bond acceptors (Lipinski definition) is 7. The molecule has 0 bridgehead atoms. The van der Waals surface area contributed by atoms with Crippen LogP contribution in [0.5, 0.6) is 0 Å². The number of nitrogens with zero attached hydrogens (tertiary/aromatic N) is 1. The summed E-state index contributed by atoms with van der Waals surface area (Å²) >= 11 is 5.43.